The lowest BCUT2D eigenvalue weighted by molar-refractivity contribution is -0.136. The number of methoxy groups -OCH3 is 1. The van der Waals surface area contributed by atoms with Gasteiger partial charge in [-0.05, 0) is 49.0 Å². The Bertz CT molecular complexity index is 850. The van der Waals surface area contributed by atoms with Gasteiger partial charge in [0.05, 0.1) is 13.2 Å². The average Bonchev–Trinajstić information content (AvgIpc) is 2.76. The Kier molecular flexibility index (Phi) is 7.37. The number of hydrogen-bond acceptors (Lipinski definition) is 5. The zero-order chi connectivity index (χ0) is 21.5. The van der Waals surface area contributed by atoms with Crippen LogP contribution in [0.4, 0.5) is 10.1 Å². The van der Waals surface area contributed by atoms with Gasteiger partial charge in [-0.3, -0.25) is 14.5 Å². The van der Waals surface area contributed by atoms with E-state index in [4.69, 9.17) is 4.74 Å². The van der Waals surface area contributed by atoms with Crippen LogP contribution >= 0.6 is 0 Å². The molecule has 3 rings (SSSR count). The van der Waals surface area contributed by atoms with Crippen molar-refractivity contribution in [1.82, 2.24) is 15.1 Å². The van der Waals surface area contributed by atoms with Crippen molar-refractivity contribution in [3.8, 4) is 5.75 Å². The second-order valence-corrected chi connectivity index (χ2v) is 7.30. The number of anilines is 1. The fourth-order valence-corrected chi connectivity index (χ4v) is 3.41. The summed E-state index contributed by atoms with van der Waals surface area (Å²) in [7, 11) is 3.62. The number of benzene rings is 2. The molecular formula is C22H27FN4O3. The van der Waals surface area contributed by atoms with Crippen molar-refractivity contribution in [1.29, 1.82) is 0 Å². The molecule has 2 aromatic carbocycles. The first-order chi connectivity index (χ1) is 14.5. The summed E-state index contributed by atoms with van der Waals surface area (Å²) < 4.78 is 18.4. The van der Waals surface area contributed by atoms with E-state index in [1.165, 1.54) is 12.1 Å². The Hall–Kier alpha value is -2.97. The number of halogens is 1. The van der Waals surface area contributed by atoms with Crippen molar-refractivity contribution in [2.45, 2.75) is 6.04 Å². The zero-order valence-electron chi connectivity index (χ0n) is 17.2. The molecule has 1 saturated heterocycles. The van der Waals surface area contributed by atoms with E-state index in [0.29, 0.717) is 11.4 Å². The maximum atomic E-state index is 13.4. The quantitative estimate of drug-likeness (QED) is 0.706. The molecule has 1 heterocycles. The van der Waals surface area contributed by atoms with E-state index < -0.39 is 11.8 Å². The van der Waals surface area contributed by atoms with Gasteiger partial charge in [0.2, 0.25) is 0 Å². The lowest BCUT2D eigenvalue weighted by atomic mass is 10.0. The van der Waals surface area contributed by atoms with Gasteiger partial charge in [0.1, 0.15) is 11.6 Å². The summed E-state index contributed by atoms with van der Waals surface area (Å²) in [5.41, 5.74) is 1.40. The van der Waals surface area contributed by atoms with E-state index in [9.17, 15) is 14.0 Å². The second kappa shape index (κ2) is 10.2. The Morgan fingerprint density at radius 3 is 2.23 bits per heavy atom. The number of likely N-dealkylation sites (N-methyl/N-ethyl adjacent to an activating group) is 1. The molecule has 1 aliphatic rings. The highest BCUT2D eigenvalue weighted by atomic mass is 19.1. The van der Waals surface area contributed by atoms with Crippen LogP contribution in [-0.2, 0) is 9.59 Å². The summed E-state index contributed by atoms with van der Waals surface area (Å²) in [5, 5.41) is 5.30. The number of carbonyl (C=O) groups excluding carboxylic acids is 2. The summed E-state index contributed by atoms with van der Waals surface area (Å²) >= 11 is 0. The molecule has 1 aliphatic heterocycles. The maximum Gasteiger partial charge on any atom is 0.313 e. The van der Waals surface area contributed by atoms with Crippen LogP contribution in [0.2, 0.25) is 0 Å². The van der Waals surface area contributed by atoms with E-state index in [1.54, 1.807) is 43.5 Å². The lowest BCUT2D eigenvalue weighted by Crippen LogP contribution is -2.49. The Labute approximate surface area is 175 Å². The van der Waals surface area contributed by atoms with Crippen LogP contribution in [0.1, 0.15) is 11.6 Å². The van der Waals surface area contributed by atoms with Crippen LogP contribution < -0.4 is 15.4 Å². The summed E-state index contributed by atoms with van der Waals surface area (Å²) in [4.78, 5) is 29.1. The van der Waals surface area contributed by atoms with Crippen LogP contribution in [0.15, 0.2) is 48.5 Å². The van der Waals surface area contributed by atoms with Crippen molar-refractivity contribution in [2.75, 3.05) is 52.2 Å². The Balaban J connectivity index is 1.62. The lowest BCUT2D eigenvalue weighted by Gasteiger charge is -2.38. The first-order valence-corrected chi connectivity index (χ1v) is 9.87. The van der Waals surface area contributed by atoms with Gasteiger partial charge >= 0.3 is 11.8 Å². The third-order valence-electron chi connectivity index (χ3n) is 5.24. The van der Waals surface area contributed by atoms with E-state index >= 15 is 0 Å². The number of ether oxygens (including phenoxy) is 1. The minimum absolute atomic E-state index is 0.142. The van der Waals surface area contributed by atoms with Crippen LogP contribution in [0.5, 0.6) is 5.75 Å². The van der Waals surface area contributed by atoms with Gasteiger partial charge in [-0.1, -0.05) is 12.1 Å². The molecule has 2 aromatic rings. The van der Waals surface area contributed by atoms with E-state index in [0.717, 1.165) is 31.7 Å². The average molecular weight is 414 g/mol. The van der Waals surface area contributed by atoms with Crippen molar-refractivity contribution in [3.63, 3.8) is 0 Å². The molecule has 0 aromatic heterocycles. The molecule has 1 unspecified atom stereocenters. The molecule has 0 aliphatic carbocycles. The van der Waals surface area contributed by atoms with Gasteiger partial charge in [-0.15, -0.1) is 0 Å². The highest BCUT2D eigenvalue weighted by Gasteiger charge is 2.25. The van der Waals surface area contributed by atoms with Gasteiger partial charge in [0, 0.05) is 38.4 Å². The second-order valence-electron chi connectivity index (χ2n) is 7.30. The SMILES string of the molecule is COc1ccc(NC(=O)C(=O)NCC(c2ccc(F)cc2)N2CCN(C)CC2)cc1. The fraction of sp³-hybridized carbons (Fsp3) is 0.364. The number of nitrogens with one attached hydrogen (secondary N) is 2. The van der Waals surface area contributed by atoms with Crippen LogP contribution in [0.25, 0.3) is 0 Å². The predicted molar refractivity (Wildman–Crippen MR) is 113 cm³/mol. The molecule has 0 saturated carbocycles. The third-order valence-corrected chi connectivity index (χ3v) is 5.24. The zero-order valence-corrected chi connectivity index (χ0v) is 17.2. The first kappa shape index (κ1) is 21.7. The number of carbonyl (C=O) groups is 2. The molecule has 2 N–H and O–H groups in total. The molecule has 30 heavy (non-hydrogen) atoms. The molecule has 1 fully saturated rings. The number of piperazine rings is 1. The van der Waals surface area contributed by atoms with Gasteiger partial charge in [-0.2, -0.15) is 0 Å². The number of amides is 2. The third kappa shape index (κ3) is 5.77. The molecule has 0 spiro atoms. The molecule has 0 bridgehead atoms. The molecule has 2 amide bonds. The first-order valence-electron chi connectivity index (χ1n) is 9.87. The standard InChI is InChI=1S/C22H27FN4O3/c1-26-11-13-27(14-12-26)20(16-3-5-17(23)6-4-16)15-24-21(28)22(29)25-18-7-9-19(30-2)10-8-18/h3-10,20H,11-15H2,1-2H3,(H,24,28)(H,25,29). The molecular weight excluding hydrogens is 387 g/mol. The molecule has 7 nitrogen and oxygen atoms in total. The minimum atomic E-state index is -0.739. The minimum Gasteiger partial charge on any atom is -0.497 e. The molecule has 160 valence electrons. The van der Waals surface area contributed by atoms with Crippen molar-refractivity contribution in [3.05, 3.63) is 59.9 Å². The van der Waals surface area contributed by atoms with Gasteiger partial charge in [-0.25, -0.2) is 4.39 Å². The predicted octanol–water partition coefficient (Wildman–Crippen LogP) is 1.88. The van der Waals surface area contributed by atoms with Crippen LogP contribution in [0.3, 0.4) is 0 Å². The summed E-state index contributed by atoms with van der Waals surface area (Å²) in [5.74, 6) is -1.10. The molecule has 1 atom stereocenters. The smallest absolute Gasteiger partial charge is 0.313 e. The van der Waals surface area contributed by atoms with Crippen LogP contribution in [-0.4, -0.2) is 68.5 Å². The van der Waals surface area contributed by atoms with E-state index in [-0.39, 0.29) is 18.4 Å². The number of hydrogen-bond donors (Lipinski definition) is 2. The van der Waals surface area contributed by atoms with E-state index in [2.05, 4.69) is 27.5 Å². The van der Waals surface area contributed by atoms with Crippen LogP contribution in [0, 0.1) is 5.82 Å². The van der Waals surface area contributed by atoms with Crippen molar-refractivity contribution in [2.24, 2.45) is 0 Å². The molecule has 0 radical (unpaired) electrons. The van der Waals surface area contributed by atoms with Gasteiger partial charge in [0.15, 0.2) is 0 Å². The van der Waals surface area contributed by atoms with Crippen molar-refractivity contribution < 1.29 is 18.7 Å². The Morgan fingerprint density at radius 2 is 1.63 bits per heavy atom. The number of nitrogens with zero attached hydrogens (tertiary/aromatic N) is 2. The van der Waals surface area contributed by atoms with Gasteiger partial charge in [0.25, 0.3) is 0 Å². The normalized spacial score (nSPS) is 16.0. The van der Waals surface area contributed by atoms with Crippen molar-refractivity contribution >= 4 is 17.5 Å². The molecule has 8 heteroatoms. The summed E-state index contributed by atoms with van der Waals surface area (Å²) in [6.07, 6.45) is 0. The fourth-order valence-electron chi connectivity index (χ4n) is 3.41. The number of rotatable bonds is 6. The topological polar surface area (TPSA) is 73.9 Å². The monoisotopic (exact) mass is 414 g/mol. The maximum absolute atomic E-state index is 13.4. The largest absolute Gasteiger partial charge is 0.497 e. The van der Waals surface area contributed by atoms with Gasteiger partial charge < -0.3 is 20.3 Å². The van der Waals surface area contributed by atoms with E-state index in [1.807, 2.05) is 0 Å². The highest BCUT2D eigenvalue weighted by molar-refractivity contribution is 6.39. The Morgan fingerprint density at radius 1 is 1.00 bits per heavy atom. The summed E-state index contributed by atoms with van der Waals surface area (Å²) in [6.45, 7) is 3.72. The highest BCUT2D eigenvalue weighted by Crippen LogP contribution is 2.22. The summed E-state index contributed by atoms with van der Waals surface area (Å²) in [6, 6.07) is 12.9.